The summed E-state index contributed by atoms with van der Waals surface area (Å²) in [7, 11) is 0. The Morgan fingerprint density at radius 2 is 2.25 bits per heavy atom. The number of rotatable bonds is 7. The van der Waals surface area contributed by atoms with Gasteiger partial charge >= 0.3 is 0 Å². The Labute approximate surface area is 118 Å². The number of carbonyl (C=O) groups is 2. The van der Waals surface area contributed by atoms with Gasteiger partial charge in [-0.25, -0.2) is 4.98 Å². The van der Waals surface area contributed by atoms with Crippen LogP contribution in [0.25, 0.3) is 0 Å². The molecule has 10 heteroatoms. The fourth-order valence-electron chi connectivity index (χ4n) is 1.20. The van der Waals surface area contributed by atoms with Crippen LogP contribution in [0.3, 0.4) is 0 Å². The maximum absolute atomic E-state index is 11.7. The van der Waals surface area contributed by atoms with Crippen LogP contribution in [0.2, 0.25) is 5.15 Å². The number of carbonyl (C=O) groups excluding carboxylic acids is 2. The Hall–Kier alpha value is -2.26. The Bertz CT molecular complexity index is 536. The molecule has 0 saturated carbocycles. The van der Waals surface area contributed by atoms with E-state index < -0.39 is 16.7 Å². The van der Waals surface area contributed by atoms with Gasteiger partial charge in [0.25, 0.3) is 11.6 Å². The average Bonchev–Trinajstić information content (AvgIpc) is 2.37. The van der Waals surface area contributed by atoms with E-state index in [-0.39, 0.29) is 36.2 Å². The van der Waals surface area contributed by atoms with Gasteiger partial charge in [-0.2, -0.15) is 0 Å². The lowest BCUT2D eigenvalue weighted by Gasteiger charge is -2.06. The molecule has 1 aromatic heterocycles. The number of nitrogens with zero attached hydrogens (tertiary/aromatic N) is 2. The first kappa shape index (κ1) is 15.8. The van der Waals surface area contributed by atoms with Crippen LogP contribution < -0.4 is 11.1 Å². The van der Waals surface area contributed by atoms with Crippen molar-refractivity contribution in [2.24, 2.45) is 5.73 Å². The van der Waals surface area contributed by atoms with Crippen LogP contribution >= 0.6 is 11.6 Å². The fourth-order valence-corrected chi connectivity index (χ4v) is 1.39. The molecule has 0 radical (unpaired) electrons. The highest BCUT2D eigenvalue weighted by Gasteiger charge is 2.16. The highest BCUT2D eigenvalue weighted by molar-refractivity contribution is 6.32. The van der Waals surface area contributed by atoms with Crippen molar-refractivity contribution < 1.29 is 19.2 Å². The molecule has 3 N–H and O–H groups in total. The number of nitrogens with two attached hydrogens (primary N) is 1. The molecule has 2 amide bonds. The van der Waals surface area contributed by atoms with E-state index in [1.54, 1.807) is 0 Å². The number of aromatic nitrogens is 1. The molecule has 1 aromatic rings. The van der Waals surface area contributed by atoms with Gasteiger partial charge in [0.15, 0.2) is 0 Å². The van der Waals surface area contributed by atoms with E-state index in [1.165, 1.54) is 0 Å². The predicted octanol–water partition coefficient (Wildman–Crippen LogP) is -0.125. The quantitative estimate of drug-likeness (QED) is 0.311. The van der Waals surface area contributed by atoms with Crippen molar-refractivity contribution in [3.05, 3.63) is 33.1 Å². The Balaban J connectivity index is 2.57. The first-order valence-corrected chi connectivity index (χ1v) is 5.73. The molecule has 9 nitrogen and oxygen atoms in total. The van der Waals surface area contributed by atoms with Crippen molar-refractivity contribution in [2.75, 3.05) is 19.8 Å². The normalized spacial score (nSPS) is 10.1. The lowest BCUT2D eigenvalue weighted by Crippen LogP contribution is -2.29. The summed E-state index contributed by atoms with van der Waals surface area (Å²) in [6.07, 6.45) is 0.953. The summed E-state index contributed by atoms with van der Waals surface area (Å²) in [5, 5.41) is 12.8. The number of hydrogen-bond acceptors (Lipinski definition) is 6. The van der Waals surface area contributed by atoms with Crippen molar-refractivity contribution in [2.45, 2.75) is 0 Å². The van der Waals surface area contributed by atoms with E-state index in [1.807, 2.05) is 0 Å². The van der Waals surface area contributed by atoms with Crippen LogP contribution in [0.15, 0.2) is 12.3 Å². The second-order valence-electron chi connectivity index (χ2n) is 3.56. The van der Waals surface area contributed by atoms with Crippen LogP contribution in [-0.2, 0) is 9.53 Å². The minimum atomic E-state index is -0.684. The summed E-state index contributed by atoms with van der Waals surface area (Å²) >= 11 is 5.69. The number of nitrogens with one attached hydrogen (secondary N) is 1. The molecule has 0 spiro atoms. The predicted molar refractivity (Wildman–Crippen MR) is 68.2 cm³/mol. The molecule has 1 rings (SSSR count). The summed E-state index contributed by atoms with van der Waals surface area (Å²) in [5.41, 5.74) is 4.39. The van der Waals surface area contributed by atoms with Gasteiger partial charge in [-0.3, -0.25) is 19.7 Å². The molecule has 0 fully saturated rings. The molecule has 0 aromatic carbocycles. The van der Waals surface area contributed by atoms with Gasteiger partial charge in [0, 0.05) is 12.6 Å². The number of amides is 2. The molecule has 0 aliphatic heterocycles. The summed E-state index contributed by atoms with van der Waals surface area (Å²) in [6, 6.07) is 1.02. The van der Waals surface area contributed by atoms with Crippen molar-refractivity contribution >= 4 is 29.1 Å². The van der Waals surface area contributed by atoms with Crippen molar-refractivity contribution in [1.82, 2.24) is 10.3 Å². The van der Waals surface area contributed by atoms with E-state index >= 15 is 0 Å². The van der Waals surface area contributed by atoms with Crippen LogP contribution in [0, 0.1) is 10.1 Å². The summed E-state index contributed by atoms with van der Waals surface area (Å²) in [5.74, 6) is -1.25. The molecule has 108 valence electrons. The molecule has 0 atom stereocenters. The number of nitro groups is 1. The average molecular weight is 303 g/mol. The third kappa shape index (κ3) is 4.78. The zero-order chi connectivity index (χ0) is 15.1. The zero-order valence-corrected chi connectivity index (χ0v) is 10.9. The zero-order valence-electron chi connectivity index (χ0n) is 10.2. The van der Waals surface area contributed by atoms with Crippen molar-refractivity contribution in [3.63, 3.8) is 0 Å². The van der Waals surface area contributed by atoms with E-state index in [0.29, 0.717) is 0 Å². The van der Waals surface area contributed by atoms with Crippen LogP contribution in [0.1, 0.15) is 10.4 Å². The van der Waals surface area contributed by atoms with Crippen LogP contribution in [0.4, 0.5) is 5.69 Å². The minimum absolute atomic E-state index is 0.0641. The second kappa shape index (κ2) is 7.36. The fraction of sp³-hybridized carbons (Fsp3) is 0.300. The van der Waals surface area contributed by atoms with E-state index in [4.69, 9.17) is 22.1 Å². The number of primary amides is 1. The smallest absolute Gasteiger partial charge is 0.288 e. The largest absolute Gasteiger partial charge is 0.370 e. The van der Waals surface area contributed by atoms with E-state index in [9.17, 15) is 19.7 Å². The van der Waals surface area contributed by atoms with E-state index in [0.717, 1.165) is 12.3 Å². The van der Waals surface area contributed by atoms with Crippen LogP contribution in [-0.4, -0.2) is 41.5 Å². The highest BCUT2D eigenvalue weighted by atomic mass is 35.5. The third-order valence-electron chi connectivity index (χ3n) is 2.06. The van der Waals surface area contributed by atoms with Gasteiger partial charge in [-0.15, -0.1) is 0 Å². The first-order valence-electron chi connectivity index (χ1n) is 5.36. The molecule has 0 bridgehead atoms. The molecule has 0 saturated heterocycles. The summed E-state index contributed by atoms with van der Waals surface area (Å²) < 4.78 is 4.83. The molecular weight excluding hydrogens is 292 g/mol. The molecule has 0 aliphatic rings. The van der Waals surface area contributed by atoms with Crippen LogP contribution in [0.5, 0.6) is 0 Å². The van der Waals surface area contributed by atoms with Crippen molar-refractivity contribution in [1.29, 1.82) is 0 Å². The first-order chi connectivity index (χ1) is 9.41. The van der Waals surface area contributed by atoms with Gasteiger partial charge in [0.1, 0.15) is 18.0 Å². The lowest BCUT2D eigenvalue weighted by atomic mass is 10.2. The molecule has 0 aliphatic carbocycles. The Morgan fingerprint density at radius 1 is 1.55 bits per heavy atom. The maximum Gasteiger partial charge on any atom is 0.288 e. The summed E-state index contributed by atoms with van der Waals surface area (Å²) in [6.45, 7) is -0.102. The minimum Gasteiger partial charge on any atom is -0.370 e. The lowest BCUT2D eigenvalue weighted by molar-refractivity contribution is -0.385. The molecular formula is C10H11ClN4O5. The maximum atomic E-state index is 11.7. The van der Waals surface area contributed by atoms with E-state index in [2.05, 4.69) is 10.3 Å². The van der Waals surface area contributed by atoms with Gasteiger partial charge in [0.2, 0.25) is 5.91 Å². The monoisotopic (exact) mass is 302 g/mol. The van der Waals surface area contributed by atoms with Gasteiger partial charge < -0.3 is 15.8 Å². The topological polar surface area (TPSA) is 137 Å². The Kier molecular flexibility index (Phi) is 5.81. The Morgan fingerprint density at radius 3 is 2.85 bits per heavy atom. The number of halogens is 1. The molecule has 1 heterocycles. The van der Waals surface area contributed by atoms with Gasteiger partial charge in [-0.05, 0) is 0 Å². The molecule has 0 unspecified atom stereocenters. The van der Waals surface area contributed by atoms with Gasteiger partial charge in [-0.1, -0.05) is 11.6 Å². The SMILES string of the molecule is NC(=O)COCCNC(=O)c1cc([N+](=O)[O-])cnc1Cl. The van der Waals surface area contributed by atoms with Crippen molar-refractivity contribution in [3.8, 4) is 0 Å². The number of pyridine rings is 1. The summed E-state index contributed by atoms with van der Waals surface area (Å²) in [4.78, 5) is 35.6. The standard InChI is InChI=1S/C10H11ClN4O5/c11-9-7(3-6(4-14-9)15(18)19)10(17)13-1-2-20-5-8(12)16/h3-4H,1-2,5H2,(H2,12,16)(H,13,17). The number of hydrogen-bond donors (Lipinski definition) is 2. The third-order valence-corrected chi connectivity index (χ3v) is 2.36. The molecule has 20 heavy (non-hydrogen) atoms. The van der Waals surface area contributed by atoms with Gasteiger partial charge in [0.05, 0.1) is 17.1 Å². The highest BCUT2D eigenvalue weighted by Crippen LogP contribution is 2.18. The number of ether oxygens (including phenoxy) is 1. The second-order valence-corrected chi connectivity index (χ2v) is 3.92.